The summed E-state index contributed by atoms with van der Waals surface area (Å²) in [6, 6.07) is 0. The zero-order valence-electron chi connectivity index (χ0n) is 3.92. The number of hydrogen-bond donors (Lipinski definition) is 1. The summed E-state index contributed by atoms with van der Waals surface area (Å²) in [6.45, 7) is 0. The van der Waals surface area contributed by atoms with Crippen LogP contribution in [0.1, 0.15) is 0 Å². The van der Waals surface area contributed by atoms with Gasteiger partial charge in [0.2, 0.25) is 0 Å². The third-order valence-corrected chi connectivity index (χ3v) is 0. The van der Waals surface area contributed by atoms with E-state index in [9.17, 15) is 0 Å². The second-order valence-electron chi connectivity index (χ2n) is 0. The van der Waals surface area contributed by atoms with E-state index in [1.54, 1.807) is 0 Å². The molecule has 0 aromatic rings. The molecule has 6 heavy (non-hydrogen) atoms. The summed E-state index contributed by atoms with van der Waals surface area (Å²) in [4.78, 5) is 0. The van der Waals surface area contributed by atoms with Crippen LogP contribution < -0.4 is 29.6 Å². The molecule has 0 aliphatic carbocycles. The van der Waals surface area contributed by atoms with Crippen molar-refractivity contribution in [1.29, 1.82) is 0 Å². The average molecular weight is 192 g/mol. The van der Waals surface area contributed by atoms with Gasteiger partial charge in [-0.1, -0.05) is 0 Å². The molecule has 0 rings (SSSR count). The van der Waals surface area contributed by atoms with E-state index in [0.29, 0.717) is 0 Å². The molecule has 0 radical (unpaired) electrons. The molecular formula is C2H7NaO2Pd. The van der Waals surface area contributed by atoms with E-state index in [-0.39, 0.29) is 62.9 Å². The molecule has 0 atom stereocenters. The van der Waals surface area contributed by atoms with E-state index in [4.69, 9.17) is 5.11 Å². The van der Waals surface area contributed by atoms with E-state index in [2.05, 4.69) is 7.11 Å². The minimum absolute atomic E-state index is 0. The topological polar surface area (TPSA) is 50.2 Å². The maximum atomic E-state index is 6.75. The number of aliphatic hydroxyl groups is 1. The minimum atomic E-state index is 0. The van der Waals surface area contributed by atoms with Gasteiger partial charge in [0.1, 0.15) is 0 Å². The quantitative estimate of drug-likeness (QED) is 0.339. The third-order valence-electron chi connectivity index (χ3n) is 0. The van der Waals surface area contributed by atoms with Gasteiger partial charge in [0.25, 0.3) is 0 Å². The first-order chi connectivity index (χ1) is 1.00. The van der Waals surface area contributed by atoms with Crippen LogP contribution in [0.3, 0.4) is 0 Å². The molecule has 2 nitrogen and oxygen atoms in total. The van der Waals surface area contributed by atoms with Gasteiger partial charge in [0, 0.05) is 0 Å². The molecule has 0 aromatic carbocycles. The smallest absolute Gasteiger partial charge is 0.870 e. The normalized spacial score (nSPS) is 1.00. The average Bonchev–Trinajstić information content (AvgIpc) is 1.00. The van der Waals surface area contributed by atoms with Gasteiger partial charge in [0.05, 0.1) is 0 Å². The molecular weight excluding hydrogens is 185 g/mol. The van der Waals surface area contributed by atoms with Crippen molar-refractivity contribution in [3.63, 3.8) is 0 Å². The van der Waals surface area contributed by atoms with Crippen LogP contribution >= 0.6 is 0 Å². The van der Waals surface area contributed by atoms with E-state index in [1.165, 1.54) is 0 Å². The zero-order valence-corrected chi connectivity index (χ0v) is 7.47. The van der Waals surface area contributed by atoms with E-state index in [0.717, 1.165) is 0 Å². The minimum Gasteiger partial charge on any atom is -0.870 e. The molecule has 0 saturated carbocycles. The van der Waals surface area contributed by atoms with Crippen LogP contribution in [0, 0.1) is 14.5 Å². The van der Waals surface area contributed by atoms with Crippen molar-refractivity contribution in [3.05, 3.63) is 14.5 Å². The Balaban J connectivity index is -0.000000000833. The molecule has 2 N–H and O–H groups in total. The van der Waals surface area contributed by atoms with Gasteiger partial charge >= 0.3 is 50.0 Å². The molecule has 0 aromatic heterocycles. The van der Waals surface area contributed by atoms with Crippen molar-refractivity contribution in [2.45, 2.75) is 0 Å². The summed E-state index contributed by atoms with van der Waals surface area (Å²) < 4.78 is 0. The fraction of sp³-hybridized carbons (Fsp3) is 0. The van der Waals surface area contributed by atoms with Gasteiger partial charge in [-0.25, -0.2) is 7.11 Å². The van der Waals surface area contributed by atoms with Crippen LogP contribution in [0.4, 0.5) is 0 Å². The van der Waals surface area contributed by atoms with Crippen molar-refractivity contribution >= 4 is 0 Å². The van der Waals surface area contributed by atoms with Gasteiger partial charge in [-0.05, 0) is 0 Å². The summed E-state index contributed by atoms with van der Waals surface area (Å²) in [6.07, 6.45) is 0. The van der Waals surface area contributed by atoms with Crippen LogP contribution in [-0.4, -0.2) is 10.6 Å². The Hall–Kier alpha value is 1.58. The Morgan fingerprint density at radius 2 is 1.17 bits per heavy atom. The Morgan fingerprint density at radius 1 is 1.17 bits per heavy atom. The molecule has 0 aliphatic heterocycles. The van der Waals surface area contributed by atoms with Gasteiger partial charge in [-0.2, -0.15) is 0 Å². The second-order valence-corrected chi connectivity index (χ2v) is 0. The molecule has 0 bridgehead atoms. The van der Waals surface area contributed by atoms with Crippen LogP contribution in [0.15, 0.2) is 0 Å². The van der Waals surface area contributed by atoms with Gasteiger partial charge < -0.3 is 18.0 Å². The Bertz CT molecular complexity index is 11.5. The van der Waals surface area contributed by atoms with E-state index >= 15 is 0 Å². The summed E-state index contributed by atoms with van der Waals surface area (Å²) >= 11 is 0. The molecule has 38 valence electrons. The first-order valence-corrected chi connectivity index (χ1v) is 0.316. The Labute approximate surface area is 74.6 Å². The Kier molecular flexibility index (Phi) is 673. The fourth-order valence-electron chi connectivity index (χ4n) is 0. The fourth-order valence-corrected chi connectivity index (χ4v) is 0. The SMILES string of the molecule is [CH2-]O.[CH3-].[Na+].[OH-].[Pd+2]. The predicted molar refractivity (Wildman–Crippen MR) is 15.6 cm³/mol. The largest absolute Gasteiger partial charge is 2.00 e. The summed E-state index contributed by atoms with van der Waals surface area (Å²) in [5.74, 6) is 0. The van der Waals surface area contributed by atoms with Gasteiger partial charge in [0.15, 0.2) is 0 Å². The monoisotopic (exact) mass is 192 g/mol. The Morgan fingerprint density at radius 3 is 1.17 bits per heavy atom. The van der Waals surface area contributed by atoms with Crippen LogP contribution in [0.25, 0.3) is 0 Å². The molecule has 0 aliphatic rings. The molecule has 0 fully saturated rings. The standard InChI is InChI=1S/CH3O.CH3.Na.H2O.Pd/c1-2;;;;/h2H,1H2;1H3;;1H2;/q2*-1;+1;;+2/p-1. The maximum absolute atomic E-state index is 6.75. The number of rotatable bonds is 0. The van der Waals surface area contributed by atoms with Crippen molar-refractivity contribution < 1.29 is 60.6 Å². The molecule has 0 amide bonds. The van der Waals surface area contributed by atoms with Crippen LogP contribution in [0.2, 0.25) is 0 Å². The van der Waals surface area contributed by atoms with E-state index < -0.39 is 0 Å². The maximum Gasteiger partial charge on any atom is 2.00 e. The van der Waals surface area contributed by atoms with Crippen molar-refractivity contribution in [2.24, 2.45) is 0 Å². The van der Waals surface area contributed by atoms with Crippen molar-refractivity contribution in [2.75, 3.05) is 0 Å². The van der Waals surface area contributed by atoms with Crippen LogP contribution in [0.5, 0.6) is 0 Å². The molecule has 0 heterocycles. The predicted octanol–water partition coefficient (Wildman–Crippen LogP) is -2.57. The first-order valence-electron chi connectivity index (χ1n) is 0.316. The first kappa shape index (κ1) is 49.3. The number of hydrogen-bond acceptors (Lipinski definition) is 2. The third kappa shape index (κ3) is 46.8. The molecule has 0 spiro atoms. The summed E-state index contributed by atoms with van der Waals surface area (Å²) in [7, 11) is 2.25. The van der Waals surface area contributed by atoms with Crippen LogP contribution in [-0.2, 0) is 20.4 Å². The van der Waals surface area contributed by atoms with E-state index in [1.807, 2.05) is 0 Å². The zero-order chi connectivity index (χ0) is 2.00. The second kappa shape index (κ2) is 81.9. The summed E-state index contributed by atoms with van der Waals surface area (Å²) in [5.41, 5.74) is 0. The summed E-state index contributed by atoms with van der Waals surface area (Å²) in [5, 5.41) is 6.75. The molecule has 4 heteroatoms. The van der Waals surface area contributed by atoms with Gasteiger partial charge in [-0.15, -0.1) is 0 Å². The molecule has 0 saturated heterocycles. The number of aliphatic hydroxyl groups excluding tert-OH is 1. The van der Waals surface area contributed by atoms with Crippen molar-refractivity contribution in [3.8, 4) is 0 Å². The van der Waals surface area contributed by atoms with Gasteiger partial charge in [-0.3, -0.25) is 0 Å². The molecule has 0 unspecified atom stereocenters. The van der Waals surface area contributed by atoms with Crippen molar-refractivity contribution in [1.82, 2.24) is 0 Å².